The fourth-order valence-corrected chi connectivity index (χ4v) is 3.89. The van der Waals surface area contributed by atoms with Crippen molar-refractivity contribution in [3.8, 4) is 5.75 Å². The van der Waals surface area contributed by atoms with Crippen LogP contribution in [0.15, 0.2) is 54.9 Å². The van der Waals surface area contributed by atoms with Crippen molar-refractivity contribution in [2.45, 2.75) is 25.8 Å². The Balaban J connectivity index is 1.57. The maximum atomic E-state index is 13.6. The highest BCUT2D eigenvalue weighted by molar-refractivity contribution is 6.44. The van der Waals surface area contributed by atoms with E-state index in [1.807, 2.05) is 0 Å². The molecule has 11 heteroatoms. The van der Waals surface area contributed by atoms with Gasteiger partial charge in [-0.25, -0.2) is 18.7 Å². The van der Waals surface area contributed by atoms with Gasteiger partial charge in [-0.15, -0.1) is 0 Å². The molecular formula is C25H26F2N6O3. The summed E-state index contributed by atoms with van der Waals surface area (Å²) in [5.74, 6) is -3.31. The number of hydrogen-bond donors (Lipinski definition) is 2. The molecule has 0 bridgehead atoms. The van der Waals surface area contributed by atoms with E-state index in [1.54, 1.807) is 49.4 Å². The predicted octanol–water partition coefficient (Wildman–Crippen LogP) is 3.39. The molecule has 1 fully saturated rings. The molecule has 0 spiro atoms. The van der Waals surface area contributed by atoms with Gasteiger partial charge >= 0.3 is 11.8 Å². The molecule has 4 rings (SSSR count). The average Bonchev–Trinajstić information content (AvgIpc) is 3.24. The Kier molecular flexibility index (Phi) is 7.00. The van der Waals surface area contributed by atoms with Crippen LogP contribution in [0.1, 0.15) is 17.5 Å². The maximum Gasteiger partial charge on any atom is 0.317 e. The normalized spacial score (nSPS) is 14.4. The van der Waals surface area contributed by atoms with Crippen LogP contribution in [0.4, 0.5) is 31.8 Å². The molecule has 0 unspecified atom stereocenters. The van der Waals surface area contributed by atoms with Crippen molar-refractivity contribution in [2.24, 2.45) is 0 Å². The van der Waals surface area contributed by atoms with Crippen molar-refractivity contribution in [3.63, 3.8) is 0 Å². The molecular weight excluding hydrogens is 470 g/mol. The number of ether oxygens (including phenoxy) is 1. The lowest BCUT2D eigenvalue weighted by molar-refractivity contribution is -0.134. The van der Waals surface area contributed by atoms with Crippen LogP contribution in [-0.2, 0) is 16.1 Å². The number of nitrogens with zero attached hydrogens (tertiary/aromatic N) is 4. The molecule has 0 aliphatic carbocycles. The number of methoxy groups -OCH3 is 1. The second kappa shape index (κ2) is 10.1. The molecule has 36 heavy (non-hydrogen) atoms. The number of anilines is 4. The van der Waals surface area contributed by atoms with Crippen molar-refractivity contribution >= 4 is 34.8 Å². The molecule has 2 aromatic heterocycles. The third-order valence-corrected chi connectivity index (χ3v) is 5.84. The molecule has 3 aromatic rings. The Bertz CT molecular complexity index is 1270. The molecule has 3 N–H and O–H groups in total. The van der Waals surface area contributed by atoms with E-state index in [0.717, 1.165) is 0 Å². The first-order valence-corrected chi connectivity index (χ1v) is 11.2. The third kappa shape index (κ3) is 5.51. The van der Waals surface area contributed by atoms with Crippen molar-refractivity contribution in [1.82, 2.24) is 9.97 Å². The van der Waals surface area contributed by atoms with E-state index in [-0.39, 0.29) is 26.1 Å². The molecule has 2 amide bonds. The number of alkyl halides is 2. The van der Waals surface area contributed by atoms with Gasteiger partial charge in [-0.3, -0.25) is 14.5 Å². The molecule has 188 valence electrons. The van der Waals surface area contributed by atoms with E-state index in [1.165, 1.54) is 29.3 Å². The number of carbonyl (C=O) groups excluding carboxylic acids is 2. The van der Waals surface area contributed by atoms with Crippen LogP contribution in [0.5, 0.6) is 5.75 Å². The van der Waals surface area contributed by atoms with E-state index >= 15 is 0 Å². The summed E-state index contributed by atoms with van der Waals surface area (Å²) in [6, 6.07) is 11.7. The Hall–Kier alpha value is -4.28. The molecule has 3 heterocycles. The summed E-state index contributed by atoms with van der Waals surface area (Å²) >= 11 is 0. The van der Waals surface area contributed by atoms with Gasteiger partial charge in [-0.05, 0) is 42.3 Å². The van der Waals surface area contributed by atoms with Gasteiger partial charge in [0.15, 0.2) is 0 Å². The number of para-hydroxylation sites is 2. The molecule has 0 atom stereocenters. The lowest BCUT2D eigenvalue weighted by Crippen LogP contribution is -2.39. The summed E-state index contributed by atoms with van der Waals surface area (Å²) in [4.78, 5) is 37.3. The number of rotatable bonds is 6. The molecule has 0 saturated carbocycles. The summed E-state index contributed by atoms with van der Waals surface area (Å²) < 4.78 is 32.6. The molecule has 1 aromatic carbocycles. The Morgan fingerprint density at radius 3 is 2.61 bits per heavy atom. The predicted molar refractivity (Wildman–Crippen MR) is 132 cm³/mol. The van der Waals surface area contributed by atoms with Gasteiger partial charge in [-0.2, -0.15) is 0 Å². The van der Waals surface area contributed by atoms with E-state index in [4.69, 9.17) is 10.5 Å². The minimum atomic E-state index is -2.74. The van der Waals surface area contributed by atoms with Crippen molar-refractivity contribution in [1.29, 1.82) is 0 Å². The summed E-state index contributed by atoms with van der Waals surface area (Å²) in [7, 11) is 1.46. The third-order valence-electron chi connectivity index (χ3n) is 5.84. The number of benzene rings is 1. The van der Waals surface area contributed by atoms with Crippen molar-refractivity contribution in [2.75, 3.05) is 41.0 Å². The van der Waals surface area contributed by atoms with Gasteiger partial charge < -0.3 is 20.7 Å². The second-order valence-electron chi connectivity index (χ2n) is 8.50. The SMILES string of the molecule is COc1ccccc1N(Cc1ccc(N2CCC(F)(F)C2)nc1)C(=O)C(=O)Nc1cnc(N)c(C)c1. The summed E-state index contributed by atoms with van der Waals surface area (Å²) in [6.07, 6.45) is 2.66. The highest BCUT2D eigenvalue weighted by atomic mass is 19.3. The lowest BCUT2D eigenvalue weighted by atomic mass is 10.2. The quantitative estimate of drug-likeness (QED) is 0.503. The fourth-order valence-electron chi connectivity index (χ4n) is 3.89. The molecule has 1 aliphatic rings. The van der Waals surface area contributed by atoms with Crippen LogP contribution >= 0.6 is 0 Å². The Labute approximate surface area is 206 Å². The Morgan fingerprint density at radius 2 is 1.97 bits per heavy atom. The first-order valence-electron chi connectivity index (χ1n) is 11.2. The zero-order valence-electron chi connectivity index (χ0n) is 19.9. The first-order chi connectivity index (χ1) is 17.2. The molecule has 1 aliphatic heterocycles. The Morgan fingerprint density at radius 1 is 1.19 bits per heavy atom. The minimum Gasteiger partial charge on any atom is -0.495 e. The zero-order valence-corrected chi connectivity index (χ0v) is 19.9. The van der Waals surface area contributed by atoms with Crippen LogP contribution in [0.3, 0.4) is 0 Å². The number of aromatic nitrogens is 2. The van der Waals surface area contributed by atoms with Gasteiger partial charge in [0.05, 0.1) is 37.8 Å². The lowest BCUT2D eigenvalue weighted by Gasteiger charge is -2.24. The van der Waals surface area contributed by atoms with Gasteiger partial charge in [-0.1, -0.05) is 18.2 Å². The van der Waals surface area contributed by atoms with Crippen molar-refractivity contribution < 1.29 is 23.1 Å². The van der Waals surface area contributed by atoms with Crippen LogP contribution in [0.25, 0.3) is 0 Å². The molecule has 0 radical (unpaired) electrons. The number of nitrogens with one attached hydrogen (secondary N) is 1. The van der Waals surface area contributed by atoms with Crippen LogP contribution in [0.2, 0.25) is 0 Å². The monoisotopic (exact) mass is 496 g/mol. The summed E-state index contributed by atoms with van der Waals surface area (Å²) in [5.41, 5.74) is 7.69. The van der Waals surface area contributed by atoms with E-state index < -0.39 is 17.7 Å². The van der Waals surface area contributed by atoms with Crippen LogP contribution in [-0.4, -0.2) is 47.9 Å². The number of pyridine rings is 2. The average molecular weight is 497 g/mol. The minimum absolute atomic E-state index is 0.00488. The van der Waals surface area contributed by atoms with Gasteiger partial charge in [0, 0.05) is 19.2 Å². The number of hydrogen-bond acceptors (Lipinski definition) is 7. The summed E-state index contributed by atoms with van der Waals surface area (Å²) in [6.45, 7) is 1.56. The number of aryl methyl sites for hydroxylation is 1. The van der Waals surface area contributed by atoms with Crippen LogP contribution in [0, 0.1) is 6.92 Å². The van der Waals surface area contributed by atoms with Gasteiger partial charge in [0.2, 0.25) is 0 Å². The topological polar surface area (TPSA) is 114 Å². The van der Waals surface area contributed by atoms with E-state index in [9.17, 15) is 18.4 Å². The largest absolute Gasteiger partial charge is 0.495 e. The van der Waals surface area contributed by atoms with Crippen LogP contribution < -0.4 is 25.6 Å². The second-order valence-corrected chi connectivity index (χ2v) is 8.50. The zero-order chi connectivity index (χ0) is 25.9. The number of amides is 2. The number of nitrogen functional groups attached to an aromatic ring is 1. The van der Waals surface area contributed by atoms with Gasteiger partial charge in [0.25, 0.3) is 5.92 Å². The molecule has 9 nitrogen and oxygen atoms in total. The van der Waals surface area contributed by atoms with E-state index in [2.05, 4.69) is 15.3 Å². The smallest absolute Gasteiger partial charge is 0.317 e. The standard InChI is InChI=1S/C25H26F2N6O3/c1-16-11-18(13-30-22(16)28)31-23(34)24(35)33(19-5-3-4-6-20(19)36-2)14-17-7-8-21(29-12-17)32-10-9-25(26,27)15-32/h3-8,11-13H,9-10,14-15H2,1-2H3,(H2,28,30)(H,31,34). The number of carbonyl (C=O) groups is 2. The van der Waals surface area contributed by atoms with Crippen molar-refractivity contribution in [3.05, 3.63) is 66.0 Å². The number of nitrogens with two attached hydrogens (primary N) is 1. The highest BCUT2D eigenvalue weighted by Gasteiger charge is 2.38. The highest BCUT2D eigenvalue weighted by Crippen LogP contribution is 2.31. The van der Waals surface area contributed by atoms with E-state index in [0.29, 0.717) is 39.9 Å². The molecule has 1 saturated heterocycles. The fraction of sp³-hybridized carbons (Fsp3) is 0.280. The first kappa shape index (κ1) is 24.8. The summed E-state index contributed by atoms with van der Waals surface area (Å²) in [5, 5.41) is 2.55. The van der Waals surface area contributed by atoms with Gasteiger partial charge in [0.1, 0.15) is 17.4 Å². The number of halogens is 2. The maximum absolute atomic E-state index is 13.6.